The molecule has 0 aliphatic carbocycles. The van der Waals surface area contributed by atoms with Crippen LogP contribution in [0.25, 0.3) is 0 Å². The number of carbonyl (C=O) groups is 1. The maximum absolute atomic E-state index is 13.0. The molecular weight excluding hydrogens is 360 g/mol. The molecule has 4 nitrogen and oxygen atoms in total. The molecule has 0 unspecified atom stereocenters. The number of aryl methyl sites for hydroxylation is 2. The second-order valence-electron chi connectivity index (χ2n) is 8.43. The first-order valence-electron chi connectivity index (χ1n) is 10.2. The minimum atomic E-state index is -0.308. The summed E-state index contributed by atoms with van der Waals surface area (Å²) in [6.45, 7) is 8.86. The molecule has 0 radical (unpaired) electrons. The summed E-state index contributed by atoms with van der Waals surface area (Å²) in [5, 5.41) is 3.11. The Hall–Kier alpha value is -2.88. The molecule has 0 spiro atoms. The molecule has 1 heterocycles. The summed E-state index contributed by atoms with van der Waals surface area (Å²) in [6, 6.07) is 19.8. The lowest BCUT2D eigenvalue weighted by Crippen LogP contribution is -2.31. The van der Waals surface area contributed by atoms with E-state index in [2.05, 4.69) is 31.1 Å². The van der Waals surface area contributed by atoms with E-state index in [1.165, 1.54) is 0 Å². The number of nitrogens with zero attached hydrogens (tertiary/aromatic N) is 1. The molecule has 0 aliphatic heterocycles. The van der Waals surface area contributed by atoms with Crippen LogP contribution in [0.2, 0.25) is 0 Å². The van der Waals surface area contributed by atoms with E-state index in [1.807, 2.05) is 67.6 Å². The lowest BCUT2D eigenvalue weighted by Gasteiger charge is -2.18. The minimum absolute atomic E-state index is 0.0204. The van der Waals surface area contributed by atoms with Gasteiger partial charge in [-0.3, -0.25) is 4.79 Å². The highest BCUT2D eigenvalue weighted by Crippen LogP contribution is 2.26. The third kappa shape index (κ3) is 5.35. The van der Waals surface area contributed by atoms with Gasteiger partial charge in [-0.25, -0.2) is 4.98 Å². The molecule has 0 bridgehead atoms. The van der Waals surface area contributed by atoms with Gasteiger partial charge in [0.1, 0.15) is 5.76 Å². The minimum Gasteiger partial charge on any atom is -0.445 e. The molecule has 0 aliphatic rings. The molecule has 3 rings (SSSR count). The molecule has 0 fully saturated rings. The van der Waals surface area contributed by atoms with Crippen molar-refractivity contribution in [1.82, 2.24) is 10.3 Å². The van der Waals surface area contributed by atoms with Crippen LogP contribution < -0.4 is 5.32 Å². The van der Waals surface area contributed by atoms with Gasteiger partial charge in [-0.05, 0) is 24.5 Å². The lowest BCUT2D eigenvalue weighted by atomic mass is 9.90. The van der Waals surface area contributed by atoms with Gasteiger partial charge in [-0.15, -0.1) is 0 Å². The molecule has 3 aromatic rings. The van der Waals surface area contributed by atoms with Crippen LogP contribution in [0.5, 0.6) is 0 Å². The Bertz CT molecular complexity index is 885. The number of amides is 1. The number of aromatic nitrogens is 1. The SMILES string of the molecule is Cc1nc(C(C)(C)C)oc1CCCNC(=O)C(c1ccccc1)c1ccccc1. The molecule has 1 aromatic heterocycles. The number of carbonyl (C=O) groups excluding carboxylic acids is 1. The standard InChI is InChI=1S/C25H30N2O2/c1-18-21(29-24(27-18)25(2,3)4)16-11-17-26-23(28)22(19-12-7-5-8-13-19)20-14-9-6-10-15-20/h5-10,12-15,22H,11,16-17H2,1-4H3,(H,26,28). The summed E-state index contributed by atoms with van der Waals surface area (Å²) in [7, 11) is 0. The topological polar surface area (TPSA) is 55.1 Å². The van der Waals surface area contributed by atoms with Crippen molar-refractivity contribution in [3.05, 3.63) is 89.1 Å². The fourth-order valence-corrected chi connectivity index (χ4v) is 3.33. The van der Waals surface area contributed by atoms with Gasteiger partial charge in [-0.1, -0.05) is 81.4 Å². The lowest BCUT2D eigenvalue weighted by molar-refractivity contribution is -0.121. The van der Waals surface area contributed by atoms with E-state index < -0.39 is 0 Å². The summed E-state index contributed by atoms with van der Waals surface area (Å²) in [5.41, 5.74) is 2.83. The summed E-state index contributed by atoms with van der Waals surface area (Å²) < 4.78 is 5.95. The van der Waals surface area contributed by atoms with Crippen LogP contribution in [0.15, 0.2) is 65.1 Å². The van der Waals surface area contributed by atoms with E-state index in [4.69, 9.17) is 4.42 Å². The van der Waals surface area contributed by atoms with Gasteiger partial charge in [0, 0.05) is 18.4 Å². The van der Waals surface area contributed by atoms with Gasteiger partial charge in [0.25, 0.3) is 0 Å². The first-order chi connectivity index (χ1) is 13.9. The smallest absolute Gasteiger partial charge is 0.232 e. The van der Waals surface area contributed by atoms with Crippen molar-refractivity contribution in [2.75, 3.05) is 6.54 Å². The Morgan fingerprint density at radius 1 is 1.00 bits per heavy atom. The highest BCUT2D eigenvalue weighted by molar-refractivity contribution is 5.87. The van der Waals surface area contributed by atoms with Gasteiger partial charge in [-0.2, -0.15) is 0 Å². The molecule has 1 amide bonds. The molecule has 0 saturated carbocycles. The van der Waals surface area contributed by atoms with Crippen molar-refractivity contribution in [2.24, 2.45) is 0 Å². The molecule has 2 aromatic carbocycles. The summed E-state index contributed by atoms with van der Waals surface area (Å²) in [4.78, 5) is 17.6. The van der Waals surface area contributed by atoms with Gasteiger partial charge in [0.15, 0.2) is 5.89 Å². The van der Waals surface area contributed by atoms with Crippen molar-refractivity contribution in [2.45, 2.75) is 51.9 Å². The van der Waals surface area contributed by atoms with E-state index >= 15 is 0 Å². The second kappa shape index (κ2) is 9.08. The number of hydrogen-bond donors (Lipinski definition) is 1. The molecule has 0 atom stereocenters. The fourth-order valence-electron chi connectivity index (χ4n) is 3.33. The van der Waals surface area contributed by atoms with Crippen molar-refractivity contribution >= 4 is 5.91 Å². The van der Waals surface area contributed by atoms with Crippen LogP contribution >= 0.6 is 0 Å². The van der Waals surface area contributed by atoms with Crippen LogP contribution in [-0.4, -0.2) is 17.4 Å². The van der Waals surface area contributed by atoms with Gasteiger partial charge >= 0.3 is 0 Å². The summed E-state index contributed by atoms with van der Waals surface area (Å²) in [6.07, 6.45) is 1.57. The highest BCUT2D eigenvalue weighted by Gasteiger charge is 2.23. The average Bonchev–Trinajstić information content (AvgIpc) is 3.08. The van der Waals surface area contributed by atoms with E-state index in [-0.39, 0.29) is 17.2 Å². The number of rotatable bonds is 7. The van der Waals surface area contributed by atoms with Crippen LogP contribution in [0, 0.1) is 6.92 Å². The third-order valence-corrected chi connectivity index (χ3v) is 4.94. The molecular formula is C25H30N2O2. The van der Waals surface area contributed by atoms with Crippen molar-refractivity contribution in [1.29, 1.82) is 0 Å². The zero-order valence-electron chi connectivity index (χ0n) is 17.7. The van der Waals surface area contributed by atoms with E-state index in [0.29, 0.717) is 6.54 Å². The zero-order valence-corrected chi connectivity index (χ0v) is 17.7. The summed E-state index contributed by atoms with van der Waals surface area (Å²) in [5.74, 6) is 1.39. The van der Waals surface area contributed by atoms with Gasteiger partial charge < -0.3 is 9.73 Å². The Kier molecular flexibility index (Phi) is 6.53. The van der Waals surface area contributed by atoms with Crippen LogP contribution in [-0.2, 0) is 16.6 Å². The quantitative estimate of drug-likeness (QED) is 0.567. The van der Waals surface area contributed by atoms with Crippen molar-refractivity contribution in [3.8, 4) is 0 Å². The van der Waals surface area contributed by atoms with Crippen LogP contribution in [0.4, 0.5) is 0 Å². The molecule has 0 saturated heterocycles. The van der Waals surface area contributed by atoms with Crippen molar-refractivity contribution < 1.29 is 9.21 Å². The Balaban J connectivity index is 1.62. The Morgan fingerprint density at radius 3 is 2.03 bits per heavy atom. The average molecular weight is 391 g/mol. The van der Waals surface area contributed by atoms with Gasteiger partial charge in [0.05, 0.1) is 11.6 Å². The monoisotopic (exact) mass is 390 g/mol. The molecule has 1 N–H and O–H groups in total. The zero-order chi connectivity index (χ0) is 20.9. The van der Waals surface area contributed by atoms with Crippen molar-refractivity contribution in [3.63, 3.8) is 0 Å². The number of hydrogen-bond acceptors (Lipinski definition) is 3. The Morgan fingerprint density at radius 2 is 1.55 bits per heavy atom. The normalized spacial score (nSPS) is 11.6. The Labute approximate surface area is 173 Å². The number of nitrogens with one attached hydrogen (secondary N) is 1. The molecule has 152 valence electrons. The third-order valence-electron chi connectivity index (χ3n) is 4.94. The predicted octanol–water partition coefficient (Wildman–Crippen LogP) is 5.16. The summed E-state index contributed by atoms with van der Waals surface area (Å²) >= 11 is 0. The maximum Gasteiger partial charge on any atom is 0.232 e. The van der Waals surface area contributed by atoms with E-state index in [1.54, 1.807) is 0 Å². The highest BCUT2D eigenvalue weighted by atomic mass is 16.4. The fraction of sp³-hybridized carbons (Fsp3) is 0.360. The second-order valence-corrected chi connectivity index (χ2v) is 8.43. The van der Waals surface area contributed by atoms with E-state index in [9.17, 15) is 4.79 Å². The molecule has 4 heteroatoms. The first-order valence-corrected chi connectivity index (χ1v) is 10.2. The van der Waals surface area contributed by atoms with Crippen LogP contribution in [0.1, 0.15) is 61.6 Å². The largest absolute Gasteiger partial charge is 0.445 e. The molecule has 29 heavy (non-hydrogen) atoms. The van der Waals surface area contributed by atoms with Gasteiger partial charge in [0.2, 0.25) is 5.91 Å². The predicted molar refractivity (Wildman–Crippen MR) is 116 cm³/mol. The maximum atomic E-state index is 13.0. The number of benzene rings is 2. The van der Waals surface area contributed by atoms with Crippen LogP contribution in [0.3, 0.4) is 0 Å². The number of oxazole rings is 1. The first kappa shape index (κ1) is 20.8. The van der Waals surface area contributed by atoms with E-state index in [0.717, 1.165) is 41.3 Å².